The molecule has 0 aliphatic heterocycles. The predicted octanol–water partition coefficient (Wildman–Crippen LogP) is 3.86. The van der Waals surface area contributed by atoms with E-state index in [0.29, 0.717) is 11.3 Å². The van der Waals surface area contributed by atoms with Crippen molar-refractivity contribution in [2.24, 2.45) is 5.10 Å². The van der Waals surface area contributed by atoms with Crippen LogP contribution in [0, 0.1) is 26.6 Å². The molecule has 3 amide bonds. The molecule has 8 nitrogen and oxygen atoms in total. The van der Waals surface area contributed by atoms with E-state index in [2.05, 4.69) is 21.2 Å². The van der Waals surface area contributed by atoms with Crippen LogP contribution in [-0.4, -0.2) is 30.5 Å². The average Bonchev–Trinajstić information content (AvgIpc) is 2.82. The molecule has 0 fully saturated rings. The minimum Gasteiger partial charge on any atom is -0.484 e. The fraction of sp³-hybridized carbons (Fsp3) is 0.154. The molecule has 0 heterocycles. The molecule has 0 radical (unpaired) electrons. The highest BCUT2D eigenvalue weighted by Crippen LogP contribution is 2.22. The van der Waals surface area contributed by atoms with Gasteiger partial charge in [0.05, 0.1) is 11.9 Å². The van der Waals surface area contributed by atoms with Crippen molar-refractivity contribution in [2.75, 3.05) is 17.2 Å². The Morgan fingerprint density at radius 2 is 1.57 bits per heavy atom. The van der Waals surface area contributed by atoms with E-state index in [9.17, 15) is 18.8 Å². The molecule has 0 aliphatic rings. The molecular weight excluding hydrogens is 451 g/mol. The Kier molecular flexibility index (Phi) is 8.29. The van der Waals surface area contributed by atoms with Crippen molar-refractivity contribution in [3.8, 4) is 5.75 Å². The summed E-state index contributed by atoms with van der Waals surface area (Å²) in [6.07, 6.45) is 1.33. The van der Waals surface area contributed by atoms with E-state index >= 15 is 0 Å². The van der Waals surface area contributed by atoms with Crippen LogP contribution in [0.5, 0.6) is 5.75 Å². The van der Waals surface area contributed by atoms with E-state index in [0.717, 1.165) is 28.4 Å². The van der Waals surface area contributed by atoms with Crippen LogP contribution in [-0.2, 0) is 14.4 Å². The monoisotopic (exact) mass is 476 g/mol. The van der Waals surface area contributed by atoms with Crippen molar-refractivity contribution >= 4 is 35.3 Å². The lowest BCUT2D eigenvalue weighted by Crippen LogP contribution is -2.32. The highest BCUT2D eigenvalue weighted by atomic mass is 19.1. The molecule has 0 spiro atoms. The topological polar surface area (TPSA) is 109 Å². The number of ether oxygens (including phenoxy) is 1. The lowest BCUT2D eigenvalue weighted by Gasteiger charge is -2.13. The highest BCUT2D eigenvalue weighted by molar-refractivity contribution is 6.39. The molecule has 3 N–H and O–H groups in total. The first-order chi connectivity index (χ1) is 16.7. The number of amides is 3. The van der Waals surface area contributed by atoms with E-state index in [1.54, 1.807) is 24.3 Å². The maximum atomic E-state index is 13.6. The van der Waals surface area contributed by atoms with Crippen molar-refractivity contribution in [3.05, 3.63) is 88.7 Å². The third-order valence-corrected chi connectivity index (χ3v) is 4.90. The fourth-order valence-electron chi connectivity index (χ4n) is 3.31. The number of anilines is 2. The SMILES string of the molecule is Cc1cc(C)c(NC(=O)COc2ccc(/C=N\NC(=O)C(=O)Nc3ccccc3F)cc2)c(C)c1. The second kappa shape index (κ2) is 11.6. The summed E-state index contributed by atoms with van der Waals surface area (Å²) in [5.41, 5.74) is 6.45. The number of halogens is 1. The van der Waals surface area contributed by atoms with E-state index in [1.165, 1.54) is 24.4 Å². The molecule has 0 aliphatic carbocycles. The second-order valence-electron chi connectivity index (χ2n) is 7.81. The summed E-state index contributed by atoms with van der Waals surface area (Å²) in [7, 11) is 0. The number of carbonyl (C=O) groups excluding carboxylic acids is 3. The first kappa shape index (κ1) is 25.1. The smallest absolute Gasteiger partial charge is 0.329 e. The van der Waals surface area contributed by atoms with Crippen LogP contribution in [0.15, 0.2) is 65.8 Å². The van der Waals surface area contributed by atoms with Crippen molar-refractivity contribution in [1.82, 2.24) is 5.43 Å². The van der Waals surface area contributed by atoms with Crippen molar-refractivity contribution in [3.63, 3.8) is 0 Å². The number of benzene rings is 3. The van der Waals surface area contributed by atoms with Gasteiger partial charge in [-0.2, -0.15) is 5.10 Å². The third-order valence-electron chi connectivity index (χ3n) is 4.90. The van der Waals surface area contributed by atoms with Crippen LogP contribution >= 0.6 is 0 Å². The largest absolute Gasteiger partial charge is 0.484 e. The van der Waals surface area contributed by atoms with Crippen LogP contribution in [0.4, 0.5) is 15.8 Å². The van der Waals surface area contributed by atoms with Crippen LogP contribution in [0.1, 0.15) is 22.3 Å². The van der Waals surface area contributed by atoms with Gasteiger partial charge in [0.25, 0.3) is 5.91 Å². The minimum atomic E-state index is -1.05. The Labute approximate surface area is 202 Å². The number of para-hydroxylation sites is 1. The van der Waals surface area contributed by atoms with Gasteiger partial charge in [-0.15, -0.1) is 0 Å². The van der Waals surface area contributed by atoms with E-state index in [-0.39, 0.29) is 18.2 Å². The number of rotatable bonds is 7. The summed E-state index contributed by atoms with van der Waals surface area (Å²) in [6.45, 7) is 5.72. The average molecular weight is 477 g/mol. The molecule has 0 bridgehead atoms. The van der Waals surface area contributed by atoms with E-state index in [1.807, 2.05) is 32.9 Å². The first-order valence-electron chi connectivity index (χ1n) is 10.7. The number of hydrogen-bond acceptors (Lipinski definition) is 5. The zero-order chi connectivity index (χ0) is 25.4. The summed E-state index contributed by atoms with van der Waals surface area (Å²) in [5, 5.41) is 8.75. The Hall–Kier alpha value is -4.53. The number of carbonyl (C=O) groups is 3. The summed E-state index contributed by atoms with van der Waals surface area (Å²) in [5.74, 6) is -2.55. The molecule has 0 atom stereocenters. The first-order valence-corrected chi connectivity index (χ1v) is 10.7. The van der Waals surface area contributed by atoms with Crippen LogP contribution < -0.4 is 20.8 Å². The fourth-order valence-corrected chi connectivity index (χ4v) is 3.31. The molecule has 0 aromatic heterocycles. The summed E-state index contributed by atoms with van der Waals surface area (Å²) in [4.78, 5) is 35.9. The Balaban J connectivity index is 1.46. The number of nitrogens with one attached hydrogen (secondary N) is 3. The Morgan fingerprint density at radius 3 is 2.23 bits per heavy atom. The number of nitrogens with zero attached hydrogens (tertiary/aromatic N) is 1. The zero-order valence-electron chi connectivity index (χ0n) is 19.5. The van der Waals surface area contributed by atoms with Gasteiger partial charge in [-0.05, 0) is 73.9 Å². The maximum Gasteiger partial charge on any atom is 0.329 e. The van der Waals surface area contributed by atoms with Crippen molar-refractivity contribution in [1.29, 1.82) is 0 Å². The Morgan fingerprint density at radius 1 is 0.914 bits per heavy atom. The predicted molar refractivity (Wildman–Crippen MR) is 132 cm³/mol. The molecule has 3 rings (SSSR count). The molecule has 9 heteroatoms. The minimum absolute atomic E-state index is 0.106. The lowest BCUT2D eigenvalue weighted by atomic mass is 10.1. The van der Waals surface area contributed by atoms with Gasteiger partial charge in [0.2, 0.25) is 0 Å². The summed E-state index contributed by atoms with van der Waals surface area (Å²) >= 11 is 0. The lowest BCUT2D eigenvalue weighted by molar-refractivity contribution is -0.136. The van der Waals surface area contributed by atoms with Gasteiger partial charge in [0.1, 0.15) is 11.6 Å². The van der Waals surface area contributed by atoms with Gasteiger partial charge in [-0.3, -0.25) is 14.4 Å². The molecular formula is C26H25FN4O4. The molecule has 0 unspecified atom stereocenters. The highest BCUT2D eigenvalue weighted by Gasteiger charge is 2.14. The van der Waals surface area contributed by atoms with Crippen LogP contribution in [0.25, 0.3) is 0 Å². The number of aryl methyl sites for hydroxylation is 3. The van der Waals surface area contributed by atoms with Gasteiger partial charge in [-0.25, -0.2) is 9.82 Å². The van der Waals surface area contributed by atoms with Crippen LogP contribution in [0.2, 0.25) is 0 Å². The van der Waals surface area contributed by atoms with Crippen LogP contribution in [0.3, 0.4) is 0 Å². The van der Waals surface area contributed by atoms with Gasteiger partial charge in [0.15, 0.2) is 6.61 Å². The Bertz CT molecular complexity index is 1250. The molecule has 180 valence electrons. The summed E-state index contributed by atoms with van der Waals surface area (Å²) in [6, 6.07) is 16.1. The van der Waals surface area contributed by atoms with E-state index < -0.39 is 17.6 Å². The van der Waals surface area contributed by atoms with Gasteiger partial charge < -0.3 is 15.4 Å². The van der Waals surface area contributed by atoms with Crippen molar-refractivity contribution in [2.45, 2.75) is 20.8 Å². The van der Waals surface area contributed by atoms with Gasteiger partial charge in [0, 0.05) is 5.69 Å². The third kappa shape index (κ3) is 7.23. The molecule has 3 aromatic rings. The molecule has 35 heavy (non-hydrogen) atoms. The quantitative estimate of drug-likeness (QED) is 0.273. The standard InChI is InChI=1S/C26H25FN4O4/c1-16-12-17(2)24(18(3)13-16)30-23(32)15-35-20-10-8-19(9-11-20)14-28-31-26(34)25(33)29-22-7-5-4-6-21(22)27/h4-14H,15H2,1-3H3,(H,29,33)(H,30,32)(H,31,34)/b28-14-. The summed E-state index contributed by atoms with van der Waals surface area (Å²) < 4.78 is 19.1. The number of hydrogen-bond donors (Lipinski definition) is 3. The molecule has 3 aromatic carbocycles. The zero-order valence-corrected chi connectivity index (χ0v) is 19.5. The second-order valence-corrected chi connectivity index (χ2v) is 7.81. The van der Waals surface area contributed by atoms with E-state index in [4.69, 9.17) is 4.74 Å². The normalized spacial score (nSPS) is 10.6. The molecule has 0 saturated heterocycles. The molecule has 0 saturated carbocycles. The van der Waals surface area contributed by atoms with Gasteiger partial charge in [-0.1, -0.05) is 29.8 Å². The van der Waals surface area contributed by atoms with Gasteiger partial charge >= 0.3 is 11.8 Å². The van der Waals surface area contributed by atoms with Crippen molar-refractivity contribution < 1.29 is 23.5 Å². The number of hydrazone groups is 1. The maximum absolute atomic E-state index is 13.6.